The molecule has 0 unspecified atom stereocenters. The van der Waals surface area contributed by atoms with E-state index in [1.54, 1.807) is 6.07 Å². The summed E-state index contributed by atoms with van der Waals surface area (Å²) in [5.74, 6) is -0.988. The van der Waals surface area contributed by atoms with Crippen molar-refractivity contribution < 1.29 is 19.2 Å². The third kappa shape index (κ3) is 2.48. The Hall–Kier alpha value is -0.975. The maximum absolute atomic E-state index is 11.2. The highest BCUT2D eigenvalue weighted by Gasteiger charge is 2.52. The Morgan fingerprint density at radius 2 is 1.70 bits per heavy atom. The Bertz CT molecular complexity index is 553. The maximum atomic E-state index is 11.2. The summed E-state index contributed by atoms with van der Waals surface area (Å²) in [5.41, 5.74) is 0.857. The third-order valence-electron chi connectivity index (χ3n) is 4.17. The molecule has 1 aromatic rings. The van der Waals surface area contributed by atoms with Crippen molar-refractivity contribution in [3.05, 3.63) is 23.3 Å². The molecular weight excluding hydrogens is 275 g/mol. The lowest BCUT2D eigenvalue weighted by Crippen LogP contribution is -2.41. The van der Waals surface area contributed by atoms with Crippen LogP contribution >= 0.6 is 12.6 Å². The number of carboxylic acids is 1. The van der Waals surface area contributed by atoms with Gasteiger partial charge in [0, 0.05) is 4.90 Å². The van der Waals surface area contributed by atoms with Crippen LogP contribution in [0.1, 0.15) is 43.6 Å². The minimum atomic E-state index is -0.988. The van der Waals surface area contributed by atoms with Gasteiger partial charge in [-0.25, -0.2) is 4.79 Å². The molecule has 0 saturated carbocycles. The molecule has 1 aliphatic rings. The summed E-state index contributed by atoms with van der Waals surface area (Å²) >= 11 is 4.34. The second-order valence-electron chi connectivity index (χ2n) is 6.10. The van der Waals surface area contributed by atoms with Crippen LogP contribution in [0.4, 0.5) is 0 Å². The molecule has 1 saturated heterocycles. The zero-order valence-corrected chi connectivity index (χ0v) is 13.2. The number of hydrogen-bond donors (Lipinski definition) is 2. The molecule has 4 nitrogen and oxygen atoms in total. The van der Waals surface area contributed by atoms with Crippen molar-refractivity contribution in [3.63, 3.8) is 0 Å². The van der Waals surface area contributed by atoms with E-state index in [-0.39, 0.29) is 5.56 Å². The molecule has 0 aromatic heterocycles. The predicted molar refractivity (Wildman–Crippen MR) is 81.1 cm³/mol. The standard InChI is InChI=1S/C14H19BO4S/c1-8-10(6-9(12(16)17)7-11(8)20)15-18-13(2,3)14(4,5)19-15/h6-7,20H,1-5H3,(H,16,17). The minimum Gasteiger partial charge on any atom is -0.478 e. The highest BCUT2D eigenvalue weighted by atomic mass is 32.1. The van der Waals surface area contributed by atoms with Crippen molar-refractivity contribution in [2.24, 2.45) is 0 Å². The maximum Gasteiger partial charge on any atom is 0.495 e. The average molecular weight is 294 g/mol. The summed E-state index contributed by atoms with van der Waals surface area (Å²) in [5, 5.41) is 9.16. The van der Waals surface area contributed by atoms with Gasteiger partial charge >= 0.3 is 13.1 Å². The molecule has 6 heteroatoms. The highest BCUT2D eigenvalue weighted by molar-refractivity contribution is 7.80. The number of benzene rings is 1. The molecule has 0 bridgehead atoms. The van der Waals surface area contributed by atoms with Crippen molar-refractivity contribution in [1.82, 2.24) is 0 Å². The Morgan fingerprint density at radius 3 is 2.15 bits per heavy atom. The van der Waals surface area contributed by atoms with E-state index in [0.29, 0.717) is 10.4 Å². The molecule has 1 aromatic carbocycles. The third-order valence-corrected chi connectivity index (χ3v) is 4.64. The van der Waals surface area contributed by atoms with Crippen LogP contribution < -0.4 is 5.46 Å². The van der Waals surface area contributed by atoms with Crippen molar-refractivity contribution in [1.29, 1.82) is 0 Å². The first kappa shape index (κ1) is 15.4. The van der Waals surface area contributed by atoms with E-state index in [1.807, 2.05) is 34.6 Å². The molecule has 0 amide bonds. The molecule has 0 radical (unpaired) electrons. The Kier molecular flexibility index (Phi) is 3.69. The molecule has 1 aliphatic heterocycles. The number of carboxylic acid groups (broad SMARTS) is 1. The first-order valence-corrected chi connectivity index (χ1v) is 6.92. The molecule has 1 fully saturated rings. The summed E-state index contributed by atoms with van der Waals surface area (Å²) < 4.78 is 11.9. The first-order chi connectivity index (χ1) is 9.05. The van der Waals surface area contributed by atoms with Crippen LogP contribution in [-0.4, -0.2) is 29.4 Å². The van der Waals surface area contributed by atoms with E-state index in [9.17, 15) is 4.79 Å². The van der Waals surface area contributed by atoms with Gasteiger partial charge in [-0.05, 0) is 57.8 Å². The highest BCUT2D eigenvalue weighted by Crippen LogP contribution is 2.37. The lowest BCUT2D eigenvalue weighted by molar-refractivity contribution is 0.00578. The molecule has 1 N–H and O–H groups in total. The van der Waals surface area contributed by atoms with Gasteiger partial charge in [-0.15, -0.1) is 12.6 Å². The van der Waals surface area contributed by atoms with Gasteiger partial charge in [0.25, 0.3) is 0 Å². The smallest absolute Gasteiger partial charge is 0.478 e. The van der Waals surface area contributed by atoms with Gasteiger partial charge in [-0.2, -0.15) is 0 Å². The van der Waals surface area contributed by atoms with Crippen molar-refractivity contribution in [2.45, 2.75) is 50.7 Å². The van der Waals surface area contributed by atoms with E-state index >= 15 is 0 Å². The monoisotopic (exact) mass is 294 g/mol. The van der Waals surface area contributed by atoms with Crippen LogP contribution in [-0.2, 0) is 9.31 Å². The summed E-state index contributed by atoms with van der Waals surface area (Å²) in [6.45, 7) is 9.74. The second kappa shape index (κ2) is 4.79. The number of carbonyl (C=O) groups is 1. The Balaban J connectivity index is 2.47. The van der Waals surface area contributed by atoms with E-state index in [4.69, 9.17) is 14.4 Å². The number of rotatable bonds is 2. The van der Waals surface area contributed by atoms with Gasteiger partial charge in [0.05, 0.1) is 16.8 Å². The van der Waals surface area contributed by atoms with Gasteiger partial charge in [0.1, 0.15) is 0 Å². The summed E-state index contributed by atoms with van der Waals surface area (Å²) in [6.07, 6.45) is 0. The van der Waals surface area contributed by atoms with Gasteiger partial charge in [-0.1, -0.05) is 0 Å². The van der Waals surface area contributed by atoms with Gasteiger partial charge in [0.15, 0.2) is 0 Å². The van der Waals surface area contributed by atoms with Gasteiger partial charge in [0.2, 0.25) is 0 Å². The molecule has 1 heterocycles. The van der Waals surface area contributed by atoms with Gasteiger partial charge < -0.3 is 14.4 Å². The van der Waals surface area contributed by atoms with Crippen molar-refractivity contribution in [2.75, 3.05) is 0 Å². The predicted octanol–water partition coefficient (Wildman–Crippen LogP) is 2.28. The average Bonchev–Trinajstić information content (AvgIpc) is 2.51. The molecule has 20 heavy (non-hydrogen) atoms. The quantitative estimate of drug-likeness (QED) is 0.649. The number of hydrogen-bond acceptors (Lipinski definition) is 4. The topological polar surface area (TPSA) is 55.8 Å². The summed E-state index contributed by atoms with van der Waals surface area (Å²) in [7, 11) is -0.579. The Morgan fingerprint density at radius 1 is 1.20 bits per heavy atom. The first-order valence-electron chi connectivity index (χ1n) is 6.47. The zero-order chi connectivity index (χ0) is 15.3. The minimum absolute atomic E-state index is 0.185. The van der Waals surface area contributed by atoms with E-state index in [1.165, 1.54) is 6.07 Å². The van der Waals surface area contributed by atoms with Crippen LogP contribution in [0.15, 0.2) is 17.0 Å². The van der Waals surface area contributed by atoms with Crippen LogP contribution in [0.3, 0.4) is 0 Å². The van der Waals surface area contributed by atoms with Crippen molar-refractivity contribution >= 4 is 31.2 Å². The van der Waals surface area contributed by atoms with E-state index in [2.05, 4.69) is 12.6 Å². The van der Waals surface area contributed by atoms with E-state index < -0.39 is 24.3 Å². The normalized spacial score (nSPS) is 20.2. The molecule has 0 atom stereocenters. The fourth-order valence-corrected chi connectivity index (χ4v) is 2.33. The SMILES string of the molecule is Cc1c(S)cc(C(=O)O)cc1B1OC(C)(C)C(C)(C)O1. The lowest BCUT2D eigenvalue weighted by atomic mass is 9.75. The molecule has 108 valence electrons. The molecule has 0 aliphatic carbocycles. The molecule has 2 rings (SSSR count). The van der Waals surface area contributed by atoms with E-state index in [0.717, 1.165) is 5.56 Å². The fourth-order valence-electron chi connectivity index (χ4n) is 2.06. The van der Waals surface area contributed by atoms with Crippen molar-refractivity contribution in [3.8, 4) is 0 Å². The molecule has 0 spiro atoms. The summed E-state index contributed by atoms with van der Waals surface area (Å²) in [4.78, 5) is 11.8. The fraction of sp³-hybridized carbons (Fsp3) is 0.500. The number of aromatic carboxylic acids is 1. The van der Waals surface area contributed by atoms with Crippen LogP contribution in [0.25, 0.3) is 0 Å². The van der Waals surface area contributed by atoms with Crippen LogP contribution in [0.2, 0.25) is 0 Å². The van der Waals surface area contributed by atoms with Crippen LogP contribution in [0.5, 0.6) is 0 Å². The van der Waals surface area contributed by atoms with Gasteiger partial charge in [-0.3, -0.25) is 0 Å². The zero-order valence-electron chi connectivity index (χ0n) is 12.4. The molecular formula is C14H19BO4S. The lowest BCUT2D eigenvalue weighted by Gasteiger charge is -2.32. The number of thiol groups is 1. The summed E-state index contributed by atoms with van der Waals surface area (Å²) in [6, 6.07) is 3.13. The Labute approximate surface area is 125 Å². The van der Waals surface area contributed by atoms with Crippen LogP contribution in [0, 0.1) is 6.92 Å². The largest absolute Gasteiger partial charge is 0.495 e. The second-order valence-corrected chi connectivity index (χ2v) is 6.58.